The van der Waals surface area contributed by atoms with Crippen LogP contribution in [-0.2, 0) is 11.3 Å². The van der Waals surface area contributed by atoms with E-state index < -0.39 is 0 Å². The van der Waals surface area contributed by atoms with Crippen molar-refractivity contribution >= 4 is 22.5 Å². The first-order valence-corrected chi connectivity index (χ1v) is 6.26. The summed E-state index contributed by atoms with van der Waals surface area (Å²) in [5.41, 5.74) is 1.15. The first kappa shape index (κ1) is 12.6. The molecule has 6 nitrogen and oxygen atoms in total. The zero-order valence-corrected chi connectivity index (χ0v) is 10.9. The van der Waals surface area contributed by atoms with Gasteiger partial charge in [-0.05, 0) is 25.4 Å². The molecule has 0 saturated heterocycles. The maximum atomic E-state index is 11.8. The van der Waals surface area contributed by atoms with Crippen LogP contribution in [0.5, 0.6) is 0 Å². The molecule has 2 heterocycles. The van der Waals surface area contributed by atoms with E-state index in [4.69, 9.17) is 9.26 Å². The van der Waals surface area contributed by atoms with Gasteiger partial charge in [-0.1, -0.05) is 5.16 Å². The lowest BCUT2D eigenvalue weighted by atomic mass is 10.2. The number of ether oxygens (including phenoxy) is 1. The Morgan fingerprint density at radius 1 is 1.61 bits per heavy atom. The van der Waals surface area contributed by atoms with Crippen molar-refractivity contribution in [1.82, 2.24) is 9.53 Å². The first-order chi connectivity index (χ1) is 8.72. The van der Waals surface area contributed by atoms with E-state index in [0.717, 1.165) is 0 Å². The Labute approximate surface area is 108 Å². The SMILES string of the molecule is CCOC(=O)c1c(C)nsc1NCc1ccno1. The van der Waals surface area contributed by atoms with Crippen molar-refractivity contribution in [3.05, 3.63) is 29.3 Å². The van der Waals surface area contributed by atoms with E-state index in [2.05, 4.69) is 14.8 Å². The first-order valence-electron chi connectivity index (χ1n) is 5.49. The van der Waals surface area contributed by atoms with Gasteiger partial charge in [-0.3, -0.25) is 0 Å². The van der Waals surface area contributed by atoms with E-state index in [1.807, 2.05) is 0 Å². The maximum absolute atomic E-state index is 11.8. The fourth-order valence-corrected chi connectivity index (χ4v) is 2.21. The summed E-state index contributed by atoms with van der Waals surface area (Å²) >= 11 is 1.23. The van der Waals surface area contributed by atoms with Crippen molar-refractivity contribution in [2.45, 2.75) is 20.4 Å². The number of carbonyl (C=O) groups is 1. The zero-order valence-electron chi connectivity index (χ0n) is 10.1. The highest BCUT2D eigenvalue weighted by molar-refractivity contribution is 7.10. The summed E-state index contributed by atoms with van der Waals surface area (Å²) in [6.45, 7) is 4.35. The van der Waals surface area contributed by atoms with Gasteiger partial charge in [-0.25, -0.2) is 4.79 Å². The molecule has 7 heteroatoms. The van der Waals surface area contributed by atoms with E-state index in [-0.39, 0.29) is 5.97 Å². The topological polar surface area (TPSA) is 77.2 Å². The van der Waals surface area contributed by atoms with Crippen LogP contribution in [0.4, 0.5) is 5.00 Å². The van der Waals surface area contributed by atoms with Crippen LogP contribution in [0, 0.1) is 6.92 Å². The highest BCUT2D eigenvalue weighted by Crippen LogP contribution is 2.25. The summed E-state index contributed by atoms with van der Waals surface area (Å²) in [5, 5.41) is 7.39. The van der Waals surface area contributed by atoms with Crippen molar-refractivity contribution in [2.24, 2.45) is 0 Å². The Balaban J connectivity index is 2.10. The molecule has 0 aliphatic heterocycles. The molecule has 0 aliphatic carbocycles. The quantitative estimate of drug-likeness (QED) is 0.837. The van der Waals surface area contributed by atoms with Gasteiger partial charge >= 0.3 is 5.97 Å². The van der Waals surface area contributed by atoms with Gasteiger partial charge < -0.3 is 14.6 Å². The van der Waals surface area contributed by atoms with E-state index in [1.165, 1.54) is 11.5 Å². The minimum atomic E-state index is -0.358. The summed E-state index contributed by atoms with van der Waals surface area (Å²) in [4.78, 5) is 11.8. The third-order valence-corrected chi connectivity index (χ3v) is 3.15. The van der Waals surface area contributed by atoms with Gasteiger partial charge in [0.25, 0.3) is 0 Å². The predicted molar refractivity (Wildman–Crippen MR) is 66.6 cm³/mol. The fourth-order valence-electron chi connectivity index (χ4n) is 1.43. The van der Waals surface area contributed by atoms with Gasteiger partial charge in [0.15, 0.2) is 5.76 Å². The minimum Gasteiger partial charge on any atom is -0.462 e. The smallest absolute Gasteiger partial charge is 0.343 e. The molecule has 2 aromatic heterocycles. The molecule has 0 bridgehead atoms. The standard InChI is InChI=1S/C11H13N3O3S/c1-3-16-11(15)9-7(2)14-18-10(9)12-6-8-4-5-13-17-8/h4-5,12H,3,6H2,1-2H3. The molecule has 0 radical (unpaired) electrons. The molecule has 2 rings (SSSR count). The van der Waals surface area contributed by atoms with Crippen LogP contribution in [-0.4, -0.2) is 22.1 Å². The van der Waals surface area contributed by atoms with Gasteiger partial charge in [0.2, 0.25) is 0 Å². The number of esters is 1. The molecular formula is C11H13N3O3S. The molecule has 1 N–H and O–H groups in total. The molecule has 96 valence electrons. The van der Waals surface area contributed by atoms with Gasteiger partial charge in [0.1, 0.15) is 10.6 Å². The monoisotopic (exact) mass is 267 g/mol. The second-order valence-electron chi connectivity index (χ2n) is 3.52. The Hall–Kier alpha value is -1.89. The van der Waals surface area contributed by atoms with Gasteiger partial charge in [-0.2, -0.15) is 4.37 Å². The number of nitrogens with one attached hydrogen (secondary N) is 1. The molecule has 0 saturated carbocycles. The second-order valence-corrected chi connectivity index (χ2v) is 4.30. The van der Waals surface area contributed by atoms with Gasteiger partial charge in [0, 0.05) is 6.07 Å². The highest BCUT2D eigenvalue weighted by Gasteiger charge is 2.19. The molecule has 18 heavy (non-hydrogen) atoms. The number of aromatic nitrogens is 2. The van der Waals surface area contributed by atoms with E-state index in [1.54, 1.807) is 26.1 Å². The number of hydrogen-bond donors (Lipinski definition) is 1. The molecule has 0 aliphatic rings. The lowest BCUT2D eigenvalue weighted by molar-refractivity contribution is 0.0527. The number of hydrogen-bond acceptors (Lipinski definition) is 7. The van der Waals surface area contributed by atoms with Gasteiger partial charge in [0.05, 0.1) is 25.0 Å². The van der Waals surface area contributed by atoms with E-state index in [9.17, 15) is 4.79 Å². The Morgan fingerprint density at radius 3 is 3.11 bits per heavy atom. The molecule has 0 atom stereocenters. The summed E-state index contributed by atoms with van der Waals surface area (Å²) < 4.78 is 14.1. The van der Waals surface area contributed by atoms with E-state index >= 15 is 0 Å². The van der Waals surface area contributed by atoms with Crippen molar-refractivity contribution in [2.75, 3.05) is 11.9 Å². The summed E-state index contributed by atoms with van der Waals surface area (Å²) in [6, 6.07) is 1.75. The minimum absolute atomic E-state index is 0.343. The molecule has 0 unspecified atom stereocenters. The van der Waals surface area contributed by atoms with Crippen molar-refractivity contribution < 1.29 is 14.1 Å². The molecule has 0 aromatic carbocycles. The molecular weight excluding hydrogens is 254 g/mol. The lowest BCUT2D eigenvalue weighted by Gasteiger charge is -2.05. The summed E-state index contributed by atoms with van der Waals surface area (Å²) in [7, 11) is 0. The van der Waals surface area contributed by atoms with Crippen molar-refractivity contribution in [3.8, 4) is 0 Å². The Kier molecular flexibility index (Phi) is 3.93. The number of rotatable bonds is 5. The van der Waals surface area contributed by atoms with Crippen molar-refractivity contribution in [3.63, 3.8) is 0 Å². The maximum Gasteiger partial charge on any atom is 0.343 e. The molecule has 2 aromatic rings. The third-order valence-electron chi connectivity index (χ3n) is 2.26. The van der Waals surface area contributed by atoms with Crippen LogP contribution < -0.4 is 5.32 Å². The molecule has 0 spiro atoms. The summed E-state index contributed by atoms with van der Waals surface area (Å²) in [5.74, 6) is 0.333. The fraction of sp³-hybridized carbons (Fsp3) is 0.364. The largest absolute Gasteiger partial charge is 0.462 e. The molecule has 0 amide bonds. The van der Waals surface area contributed by atoms with Crippen LogP contribution in [0.3, 0.4) is 0 Å². The van der Waals surface area contributed by atoms with E-state index in [0.29, 0.717) is 35.2 Å². The number of nitrogens with zero attached hydrogens (tertiary/aromatic N) is 2. The van der Waals surface area contributed by atoms with Crippen LogP contribution in [0.25, 0.3) is 0 Å². The zero-order chi connectivity index (χ0) is 13.0. The number of aryl methyl sites for hydroxylation is 1. The van der Waals surface area contributed by atoms with Crippen LogP contribution in [0.1, 0.15) is 28.7 Å². The molecule has 0 fully saturated rings. The summed E-state index contributed by atoms with van der Waals surface area (Å²) in [6.07, 6.45) is 1.57. The second kappa shape index (κ2) is 5.63. The average Bonchev–Trinajstić information content (AvgIpc) is 2.96. The van der Waals surface area contributed by atoms with Crippen LogP contribution >= 0.6 is 11.5 Å². The number of carbonyl (C=O) groups excluding carboxylic acids is 1. The highest BCUT2D eigenvalue weighted by atomic mass is 32.1. The average molecular weight is 267 g/mol. The normalized spacial score (nSPS) is 10.3. The predicted octanol–water partition coefficient (Wildman–Crippen LogP) is 2.23. The number of anilines is 1. The third kappa shape index (κ3) is 2.67. The Morgan fingerprint density at radius 2 is 2.44 bits per heavy atom. The lowest BCUT2D eigenvalue weighted by Crippen LogP contribution is -2.09. The van der Waals surface area contributed by atoms with Crippen molar-refractivity contribution in [1.29, 1.82) is 0 Å². The van der Waals surface area contributed by atoms with Crippen LogP contribution in [0.2, 0.25) is 0 Å². The van der Waals surface area contributed by atoms with Gasteiger partial charge in [-0.15, -0.1) is 0 Å². The Bertz CT molecular complexity index is 522. The van der Waals surface area contributed by atoms with Crippen LogP contribution in [0.15, 0.2) is 16.8 Å².